The van der Waals surface area contributed by atoms with Crippen LogP contribution in [-0.4, -0.2) is 18.9 Å². The first kappa shape index (κ1) is 14.6. The number of hydrogen-bond donors (Lipinski definition) is 2. The molecule has 0 unspecified atom stereocenters. The highest BCUT2D eigenvalue weighted by Crippen LogP contribution is 2.12. The lowest BCUT2D eigenvalue weighted by Gasteiger charge is -2.09. The second-order valence-electron chi connectivity index (χ2n) is 4.46. The van der Waals surface area contributed by atoms with Gasteiger partial charge in [-0.05, 0) is 36.8 Å². The zero-order valence-electron chi connectivity index (χ0n) is 11.8. The Morgan fingerprint density at radius 3 is 2.38 bits per heavy atom. The molecule has 0 aromatic heterocycles. The van der Waals surface area contributed by atoms with Gasteiger partial charge in [-0.25, -0.2) is 0 Å². The van der Waals surface area contributed by atoms with Crippen molar-refractivity contribution < 1.29 is 14.3 Å². The maximum atomic E-state index is 12.0. The maximum absolute atomic E-state index is 12.0. The summed E-state index contributed by atoms with van der Waals surface area (Å²) in [4.78, 5) is 23.9. The van der Waals surface area contributed by atoms with Crippen LogP contribution >= 0.6 is 0 Å². The third-order valence-corrected chi connectivity index (χ3v) is 3.01. The monoisotopic (exact) mass is 284 g/mol. The van der Waals surface area contributed by atoms with Crippen LogP contribution in [0.15, 0.2) is 48.5 Å². The summed E-state index contributed by atoms with van der Waals surface area (Å²) in [6.45, 7) is 1.83. The number of hydrogen-bond acceptors (Lipinski definition) is 3. The van der Waals surface area contributed by atoms with E-state index in [1.54, 1.807) is 36.4 Å². The van der Waals surface area contributed by atoms with E-state index in [0.29, 0.717) is 16.9 Å². The van der Waals surface area contributed by atoms with Gasteiger partial charge in [-0.2, -0.15) is 0 Å². The van der Waals surface area contributed by atoms with Gasteiger partial charge in [-0.3, -0.25) is 20.4 Å². The third-order valence-electron chi connectivity index (χ3n) is 3.01. The summed E-state index contributed by atoms with van der Waals surface area (Å²) in [7, 11) is 1.52. The van der Waals surface area contributed by atoms with Gasteiger partial charge in [0.1, 0.15) is 5.75 Å². The van der Waals surface area contributed by atoms with Crippen LogP contribution in [0, 0.1) is 6.92 Å². The number of aryl methyl sites for hydroxylation is 1. The first-order valence-corrected chi connectivity index (χ1v) is 6.42. The van der Waals surface area contributed by atoms with Crippen molar-refractivity contribution in [3.05, 3.63) is 65.2 Å². The Balaban J connectivity index is 2.01. The van der Waals surface area contributed by atoms with Crippen molar-refractivity contribution in [1.82, 2.24) is 10.9 Å². The Kier molecular flexibility index (Phi) is 4.56. The zero-order chi connectivity index (χ0) is 15.2. The Labute approximate surface area is 122 Å². The fourth-order valence-corrected chi connectivity index (χ4v) is 1.85. The molecule has 0 aliphatic carbocycles. The predicted molar refractivity (Wildman–Crippen MR) is 79.1 cm³/mol. The highest BCUT2D eigenvalue weighted by atomic mass is 16.5. The minimum Gasteiger partial charge on any atom is -0.497 e. The van der Waals surface area contributed by atoms with E-state index < -0.39 is 5.91 Å². The minimum absolute atomic E-state index is 0.357. The number of benzene rings is 2. The van der Waals surface area contributed by atoms with Gasteiger partial charge in [0.05, 0.1) is 7.11 Å². The van der Waals surface area contributed by atoms with Gasteiger partial charge in [0.15, 0.2) is 0 Å². The molecule has 0 atom stereocenters. The first-order valence-electron chi connectivity index (χ1n) is 6.42. The molecular weight excluding hydrogens is 268 g/mol. The average molecular weight is 284 g/mol. The number of rotatable bonds is 3. The lowest BCUT2D eigenvalue weighted by Crippen LogP contribution is -2.41. The topological polar surface area (TPSA) is 67.4 Å². The van der Waals surface area contributed by atoms with Crippen LogP contribution in [0.4, 0.5) is 0 Å². The standard InChI is InChI=1S/C16H16N2O3/c1-11-6-3-4-9-14(11)16(20)18-17-15(19)12-7-5-8-13(10-12)21-2/h3-10H,1-2H3,(H,17,19)(H,18,20). The molecule has 2 aromatic rings. The number of ether oxygens (including phenoxy) is 1. The molecule has 2 rings (SSSR count). The number of amides is 2. The van der Waals surface area contributed by atoms with E-state index in [1.807, 2.05) is 19.1 Å². The minimum atomic E-state index is -0.407. The normalized spacial score (nSPS) is 9.81. The van der Waals surface area contributed by atoms with Gasteiger partial charge in [0.2, 0.25) is 0 Å². The van der Waals surface area contributed by atoms with Crippen molar-refractivity contribution in [2.45, 2.75) is 6.92 Å². The van der Waals surface area contributed by atoms with Crippen LogP contribution < -0.4 is 15.6 Å². The van der Waals surface area contributed by atoms with Crippen molar-refractivity contribution in [2.24, 2.45) is 0 Å². The molecule has 0 aliphatic heterocycles. The van der Waals surface area contributed by atoms with E-state index in [2.05, 4.69) is 10.9 Å². The molecule has 108 valence electrons. The number of carbonyl (C=O) groups excluding carboxylic acids is 2. The van der Waals surface area contributed by atoms with E-state index in [9.17, 15) is 9.59 Å². The molecule has 21 heavy (non-hydrogen) atoms. The molecule has 0 spiro atoms. The third kappa shape index (κ3) is 3.60. The van der Waals surface area contributed by atoms with E-state index in [-0.39, 0.29) is 5.91 Å². The molecule has 5 heteroatoms. The van der Waals surface area contributed by atoms with Crippen molar-refractivity contribution in [2.75, 3.05) is 7.11 Å². The fraction of sp³-hybridized carbons (Fsp3) is 0.125. The highest BCUT2D eigenvalue weighted by Gasteiger charge is 2.11. The second-order valence-corrected chi connectivity index (χ2v) is 4.46. The van der Waals surface area contributed by atoms with Gasteiger partial charge in [0.25, 0.3) is 11.8 Å². The lowest BCUT2D eigenvalue weighted by molar-refractivity contribution is 0.0846. The van der Waals surface area contributed by atoms with Crippen LogP contribution in [0.5, 0.6) is 5.75 Å². The van der Waals surface area contributed by atoms with E-state index in [4.69, 9.17) is 4.74 Å². The van der Waals surface area contributed by atoms with Crippen molar-refractivity contribution in [1.29, 1.82) is 0 Å². The van der Waals surface area contributed by atoms with Crippen LogP contribution in [-0.2, 0) is 0 Å². The maximum Gasteiger partial charge on any atom is 0.269 e. The molecule has 2 amide bonds. The molecule has 0 radical (unpaired) electrons. The lowest BCUT2D eigenvalue weighted by atomic mass is 10.1. The predicted octanol–water partition coefficient (Wildman–Crippen LogP) is 2.08. The van der Waals surface area contributed by atoms with Crippen molar-refractivity contribution >= 4 is 11.8 Å². The summed E-state index contributed by atoms with van der Waals surface area (Å²) in [6.07, 6.45) is 0. The summed E-state index contributed by atoms with van der Waals surface area (Å²) >= 11 is 0. The van der Waals surface area contributed by atoms with Crippen molar-refractivity contribution in [3.63, 3.8) is 0 Å². The molecule has 0 fully saturated rings. The summed E-state index contributed by atoms with van der Waals surface area (Å²) in [5.74, 6) is -0.187. The quantitative estimate of drug-likeness (QED) is 0.848. The molecule has 2 aromatic carbocycles. The van der Waals surface area contributed by atoms with Crippen LogP contribution in [0.25, 0.3) is 0 Å². The molecule has 0 bridgehead atoms. The van der Waals surface area contributed by atoms with Gasteiger partial charge >= 0.3 is 0 Å². The Bertz CT molecular complexity index is 668. The fourth-order valence-electron chi connectivity index (χ4n) is 1.85. The van der Waals surface area contributed by atoms with Gasteiger partial charge in [-0.1, -0.05) is 24.3 Å². The molecule has 0 aliphatic rings. The highest BCUT2D eigenvalue weighted by molar-refractivity contribution is 5.99. The molecule has 0 heterocycles. The molecule has 0 saturated carbocycles. The van der Waals surface area contributed by atoms with Crippen LogP contribution in [0.3, 0.4) is 0 Å². The summed E-state index contributed by atoms with van der Waals surface area (Å²) in [5, 5.41) is 0. The summed E-state index contributed by atoms with van der Waals surface area (Å²) < 4.78 is 5.05. The number of methoxy groups -OCH3 is 1. The molecule has 0 saturated heterocycles. The number of carbonyl (C=O) groups is 2. The zero-order valence-corrected chi connectivity index (χ0v) is 11.8. The van der Waals surface area contributed by atoms with Crippen LogP contribution in [0.1, 0.15) is 26.3 Å². The summed E-state index contributed by atoms with van der Waals surface area (Å²) in [5.41, 5.74) is 6.54. The van der Waals surface area contributed by atoms with E-state index >= 15 is 0 Å². The van der Waals surface area contributed by atoms with Gasteiger partial charge in [0, 0.05) is 11.1 Å². The summed E-state index contributed by atoms with van der Waals surface area (Å²) in [6, 6.07) is 13.8. The second kappa shape index (κ2) is 6.56. The Morgan fingerprint density at radius 1 is 0.952 bits per heavy atom. The van der Waals surface area contributed by atoms with E-state index in [1.165, 1.54) is 7.11 Å². The van der Waals surface area contributed by atoms with E-state index in [0.717, 1.165) is 5.56 Å². The largest absolute Gasteiger partial charge is 0.497 e. The Morgan fingerprint density at radius 2 is 1.67 bits per heavy atom. The number of nitrogens with one attached hydrogen (secondary N) is 2. The first-order chi connectivity index (χ1) is 10.1. The Hall–Kier alpha value is -2.82. The molecule has 2 N–H and O–H groups in total. The molecular formula is C16H16N2O3. The van der Waals surface area contributed by atoms with Gasteiger partial charge in [-0.15, -0.1) is 0 Å². The van der Waals surface area contributed by atoms with Gasteiger partial charge < -0.3 is 4.74 Å². The molecule has 5 nitrogen and oxygen atoms in total. The number of hydrazine groups is 1. The SMILES string of the molecule is COc1cccc(C(=O)NNC(=O)c2ccccc2C)c1. The van der Waals surface area contributed by atoms with Crippen LogP contribution in [0.2, 0.25) is 0 Å². The smallest absolute Gasteiger partial charge is 0.269 e. The van der Waals surface area contributed by atoms with Crippen molar-refractivity contribution in [3.8, 4) is 5.75 Å². The average Bonchev–Trinajstić information content (AvgIpc) is 2.52.